The highest BCUT2D eigenvalue weighted by Gasteiger charge is 2.11. The Kier molecular flexibility index (Phi) is 4.42. The van der Waals surface area contributed by atoms with E-state index in [1.807, 2.05) is 7.05 Å². The lowest BCUT2D eigenvalue weighted by atomic mass is 10.3. The van der Waals surface area contributed by atoms with Crippen LogP contribution in [0.25, 0.3) is 10.2 Å². The summed E-state index contributed by atoms with van der Waals surface area (Å²) in [6.07, 6.45) is 1.02. The minimum Gasteiger partial charge on any atom is -0.364 e. The van der Waals surface area contributed by atoms with E-state index in [2.05, 4.69) is 61.0 Å². The van der Waals surface area contributed by atoms with Crippen LogP contribution in [0, 0.1) is 0 Å². The normalized spacial score (nSPS) is 11.0. The molecule has 3 aromatic heterocycles. The third-order valence-electron chi connectivity index (χ3n) is 3.07. The van der Waals surface area contributed by atoms with Gasteiger partial charge in [0.15, 0.2) is 0 Å². The molecule has 0 radical (unpaired) electrons. The Hall–Kier alpha value is -1.18. The van der Waals surface area contributed by atoms with Crippen LogP contribution in [0.15, 0.2) is 22.0 Å². The number of hydrogen-bond donors (Lipinski definition) is 2. The molecule has 0 fully saturated rings. The molecule has 21 heavy (non-hydrogen) atoms. The Bertz CT molecular complexity index is 766. The average molecular weight is 383 g/mol. The van der Waals surface area contributed by atoms with Gasteiger partial charge in [-0.2, -0.15) is 4.98 Å². The van der Waals surface area contributed by atoms with E-state index in [1.54, 1.807) is 22.7 Å². The first-order chi connectivity index (χ1) is 10.2. The maximum atomic E-state index is 4.56. The number of thiophene rings is 2. The fraction of sp³-hybridized carbons (Fsp3) is 0.286. The lowest BCUT2D eigenvalue weighted by molar-refractivity contribution is 1.12. The number of nitrogens with one attached hydrogen (secondary N) is 2. The van der Waals surface area contributed by atoms with E-state index in [4.69, 9.17) is 0 Å². The summed E-state index contributed by atoms with van der Waals surface area (Å²) in [7, 11) is 1.84. The zero-order valence-corrected chi connectivity index (χ0v) is 15.0. The Morgan fingerprint density at radius 2 is 2.10 bits per heavy atom. The highest BCUT2D eigenvalue weighted by molar-refractivity contribution is 9.10. The maximum Gasteiger partial charge on any atom is 0.225 e. The van der Waals surface area contributed by atoms with Gasteiger partial charge >= 0.3 is 0 Å². The molecule has 0 amide bonds. The zero-order valence-electron chi connectivity index (χ0n) is 11.7. The summed E-state index contributed by atoms with van der Waals surface area (Å²) in [6, 6.07) is 4.31. The Labute approximate surface area is 139 Å². The molecule has 2 N–H and O–H groups in total. The molecule has 3 heterocycles. The van der Waals surface area contributed by atoms with Gasteiger partial charge in [-0.3, -0.25) is 0 Å². The first kappa shape index (κ1) is 14.7. The zero-order chi connectivity index (χ0) is 14.8. The van der Waals surface area contributed by atoms with Crippen molar-refractivity contribution in [3.05, 3.63) is 31.7 Å². The molecule has 0 aliphatic carbocycles. The first-order valence-corrected chi connectivity index (χ1v) is 9.13. The fourth-order valence-corrected chi connectivity index (χ4v) is 4.37. The third-order valence-corrected chi connectivity index (χ3v) is 5.94. The average Bonchev–Trinajstić information content (AvgIpc) is 3.10. The smallest absolute Gasteiger partial charge is 0.225 e. The van der Waals surface area contributed by atoms with Crippen molar-refractivity contribution in [2.24, 2.45) is 0 Å². The van der Waals surface area contributed by atoms with E-state index in [0.717, 1.165) is 33.5 Å². The van der Waals surface area contributed by atoms with Crippen molar-refractivity contribution >= 4 is 60.6 Å². The van der Waals surface area contributed by atoms with Crippen LogP contribution >= 0.6 is 38.6 Å². The monoisotopic (exact) mass is 382 g/mol. The van der Waals surface area contributed by atoms with Gasteiger partial charge in [-0.15, -0.1) is 22.7 Å². The summed E-state index contributed by atoms with van der Waals surface area (Å²) in [4.78, 5) is 12.7. The first-order valence-electron chi connectivity index (χ1n) is 6.64. The molecule has 4 nitrogen and oxygen atoms in total. The molecule has 7 heteroatoms. The van der Waals surface area contributed by atoms with Gasteiger partial charge in [-0.05, 0) is 34.5 Å². The van der Waals surface area contributed by atoms with E-state index >= 15 is 0 Å². The highest BCUT2D eigenvalue weighted by Crippen LogP contribution is 2.31. The van der Waals surface area contributed by atoms with Crippen LogP contribution < -0.4 is 10.6 Å². The molecule has 0 aromatic carbocycles. The van der Waals surface area contributed by atoms with Crippen LogP contribution in [0.2, 0.25) is 0 Å². The van der Waals surface area contributed by atoms with Crippen molar-refractivity contribution in [1.82, 2.24) is 9.97 Å². The molecule has 0 spiro atoms. The Balaban J connectivity index is 1.93. The molecule has 0 aliphatic rings. The van der Waals surface area contributed by atoms with Gasteiger partial charge < -0.3 is 10.6 Å². The molecule has 0 saturated heterocycles. The van der Waals surface area contributed by atoms with Crippen molar-refractivity contribution < 1.29 is 0 Å². The van der Waals surface area contributed by atoms with Crippen molar-refractivity contribution in [3.63, 3.8) is 0 Å². The van der Waals surface area contributed by atoms with Crippen molar-refractivity contribution in [2.75, 3.05) is 17.7 Å². The molecule has 110 valence electrons. The molecule has 0 aliphatic heterocycles. The van der Waals surface area contributed by atoms with E-state index < -0.39 is 0 Å². The van der Waals surface area contributed by atoms with Crippen molar-refractivity contribution in [1.29, 1.82) is 0 Å². The Morgan fingerprint density at radius 3 is 2.76 bits per heavy atom. The summed E-state index contributed by atoms with van der Waals surface area (Å²) in [5.74, 6) is 1.55. The third kappa shape index (κ3) is 3.20. The lowest BCUT2D eigenvalue weighted by Crippen LogP contribution is -2.04. The summed E-state index contributed by atoms with van der Waals surface area (Å²) in [5.41, 5.74) is 0. The van der Waals surface area contributed by atoms with Crippen LogP contribution in [0.4, 0.5) is 11.8 Å². The number of halogens is 1. The van der Waals surface area contributed by atoms with Crippen LogP contribution in [0.5, 0.6) is 0 Å². The number of hydrogen-bond acceptors (Lipinski definition) is 6. The van der Waals surface area contributed by atoms with Gasteiger partial charge in [0, 0.05) is 26.7 Å². The number of nitrogens with zero attached hydrogens (tertiary/aromatic N) is 2. The summed E-state index contributed by atoms with van der Waals surface area (Å²) < 4.78 is 1.12. The summed E-state index contributed by atoms with van der Waals surface area (Å²) in [5, 5.41) is 9.66. The van der Waals surface area contributed by atoms with Gasteiger partial charge in [0.1, 0.15) is 10.6 Å². The topological polar surface area (TPSA) is 49.8 Å². The van der Waals surface area contributed by atoms with Crippen LogP contribution in [0.1, 0.15) is 16.7 Å². The minimum atomic E-state index is 0.655. The second-order valence-electron chi connectivity index (χ2n) is 4.52. The quantitative estimate of drug-likeness (QED) is 0.669. The van der Waals surface area contributed by atoms with E-state index in [-0.39, 0.29) is 0 Å². The van der Waals surface area contributed by atoms with Gasteiger partial charge in [0.25, 0.3) is 0 Å². The number of aryl methyl sites for hydroxylation is 1. The summed E-state index contributed by atoms with van der Waals surface area (Å²) in [6.45, 7) is 2.93. The second-order valence-corrected chi connectivity index (χ2v) is 7.54. The number of rotatable bonds is 5. The number of fused-ring (bicyclic) bond motifs is 1. The van der Waals surface area contributed by atoms with Crippen LogP contribution in [0.3, 0.4) is 0 Å². The predicted molar refractivity (Wildman–Crippen MR) is 95.7 cm³/mol. The van der Waals surface area contributed by atoms with Gasteiger partial charge in [-0.25, -0.2) is 4.98 Å². The van der Waals surface area contributed by atoms with Crippen molar-refractivity contribution in [3.8, 4) is 0 Å². The number of anilines is 2. The Morgan fingerprint density at radius 1 is 1.24 bits per heavy atom. The van der Waals surface area contributed by atoms with Crippen LogP contribution in [-0.2, 0) is 13.0 Å². The molecule has 0 atom stereocenters. The standard InChI is InChI=1S/C14H15BrN4S2/c1-3-9-5-11-12(17-6-10-4-8(15)7-20-10)18-14(16-2)19-13(11)21-9/h4-5,7H,3,6H2,1-2H3,(H2,16,17,18,19). The lowest BCUT2D eigenvalue weighted by Gasteiger charge is -2.07. The van der Waals surface area contributed by atoms with Gasteiger partial charge in [0.05, 0.1) is 11.9 Å². The molecule has 3 rings (SSSR count). The van der Waals surface area contributed by atoms with E-state index in [0.29, 0.717) is 5.95 Å². The largest absolute Gasteiger partial charge is 0.364 e. The molecule has 0 saturated carbocycles. The molecule has 0 unspecified atom stereocenters. The number of aromatic nitrogens is 2. The predicted octanol–water partition coefficient (Wildman–Crippen LogP) is 4.73. The van der Waals surface area contributed by atoms with E-state index in [9.17, 15) is 0 Å². The highest BCUT2D eigenvalue weighted by atomic mass is 79.9. The van der Waals surface area contributed by atoms with E-state index in [1.165, 1.54) is 9.75 Å². The summed E-state index contributed by atoms with van der Waals surface area (Å²) >= 11 is 6.94. The SMILES string of the molecule is CCc1cc2c(NCc3cc(Br)cs3)nc(NC)nc2s1. The maximum absolute atomic E-state index is 4.56. The fourth-order valence-electron chi connectivity index (χ4n) is 2.01. The second kappa shape index (κ2) is 6.29. The minimum absolute atomic E-state index is 0.655. The molecule has 3 aromatic rings. The van der Waals surface area contributed by atoms with Crippen molar-refractivity contribution in [2.45, 2.75) is 19.9 Å². The molecular weight excluding hydrogens is 368 g/mol. The molecule has 0 bridgehead atoms. The van der Waals surface area contributed by atoms with Gasteiger partial charge in [0.2, 0.25) is 5.95 Å². The molecular formula is C14H15BrN4S2. The van der Waals surface area contributed by atoms with Gasteiger partial charge in [-0.1, -0.05) is 6.92 Å². The van der Waals surface area contributed by atoms with Crippen LogP contribution in [-0.4, -0.2) is 17.0 Å².